The average molecular weight is 393 g/mol. The van der Waals surface area contributed by atoms with Crippen molar-refractivity contribution in [3.63, 3.8) is 0 Å². The average Bonchev–Trinajstić information content (AvgIpc) is 2.62. The van der Waals surface area contributed by atoms with E-state index in [1.165, 1.54) is 30.3 Å². The summed E-state index contributed by atoms with van der Waals surface area (Å²) >= 11 is 1.04. The summed E-state index contributed by atoms with van der Waals surface area (Å²) in [5.41, 5.74) is 1.01. The van der Waals surface area contributed by atoms with E-state index >= 15 is 0 Å². The smallest absolute Gasteiger partial charge is 0.286 e. The Bertz CT molecular complexity index is 959. The molecule has 1 N–H and O–H groups in total. The number of hydrogen-bond donors (Lipinski definition) is 1. The number of benzene rings is 2. The number of amidine groups is 1. The Hall–Kier alpha value is -2.39. The second kappa shape index (κ2) is 7.46. The molecule has 1 aliphatic heterocycles. The van der Waals surface area contributed by atoms with Crippen molar-refractivity contribution >= 4 is 44.2 Å². The van der Waals surface area contributed by atoms with Gasteiger partial charge in [-0.25, -0.2) is 4.39 Å². The van der Waals surface area contributed by atoms with Crippen molar-refractivity contribution in [2.45, 2.75) is 11.8 Å². The van der Waals surface area contributed by atoms with Crippen LogP contribution in [0.3, 0.4) is 0 Å². The van der Waals surface area contributed by atoms with Gasteiger partial charge in [0.25, 0.3) is 10.0 Å². The molecule has 6 nitrogen and oxygen atoms in total. The first kappa shape index (κ1) is 18.4. The minimum atomic E-state index is -3.79. The van der Waals surface area contributed by atoms with Gasteiger partial charge in [-0.1, -0.05) is 23.9 Å². The summed E-state index contributed by atoms with van der Waals surface area (Å²) < 4.78 is 41.4. The molecule has 0 saturated heterocycles. The van der Waals surface area contributed by atoms with Crippen LogP contribution < -0.4 is 10.2 Å². The van der Waals surface area contributed by atoms with Crippen molar-refractivity contribution in [1.29, 1.82) is 0 Å². The lowest BCUT2D eigenvalue weighted by molar-refractivity contribution is -0.113. The molecule has 9 heteroatoms. The highest BCUT2D eigenvalue weighted by Crippen LogP contribution is 2.33. The van der Waals surface area contributed by atoms with E-state index < -0.39 is 15.8 Å². The molecular weight excluding hydrogens is 377 g/mol. The highest BCUT2D eigenvalue weighted by atomic mass is 32.2. The number of carbonyl (C=O) groups is 1. The van der Waals surface area contributed by atoms with Gasteiger partial charge in [0.15, 0.2) is 5.17 Å². The number of thioether (sulfide) groups is 1. The fraction of sp³-hybridized carbons (Fsp3) is 0.176. The fourth-order valence-corrected chi connectivity index (χ4v) is 4.79. The van der Waals surface area contributed by atoms with Crippen LogP contribution in [-0.2, 0) is 14.8 Å². The summed E-state index contributed by atoms with van der Waals surface area (Å²) in [5, 5.41) is 2.88. The van der Waals surface area contributed by atoms with Crippen LogP contribution in [0.4, 0.5) is 15.8 Å². The van der Waals surface area contributed by atoms with Gasteiger partial charge in [-0.2, -0.15) is 8.42 Å². The number of hydrogen-bond acceptors (Lipinski definition) is 5. The van der Waals surface area contributed by atoms with Gasteiger partial charge in [-0.05, 0) is 43.3 Å². The van der Waals surface area contributed by atoms with Gasteiger partial charge in [-0.15, -0.1) is 4.40 Å². The van der Waals surface area contributed by atoms with Gasteiger partial charge in [0, 0.05) is 12.2 Å². The molecule has 0 radical (unpaired) electrons. The largest absolute Gasteiger partial charge is 0.325 e. The maximum Gasteiger partial charge on any atom is 0.286 e. The fourth-order valence-electron chi connectivity index (χ4n) is 2.47. The summed E-state index contributed by atoms with van der Waals surface area (Å²) in [7, 11) is -3.79. The lowest BCUT2D eigenvalue weighted by atomic mass is 10.3. The standard InChI is InChI=1S/C17H16FN3O3S2/c1-2-21-14-5-3-4-6-15(14)26(23,24)20-17(21)25-11-16(22)19-13-9-7-12(18)8-10-13/h3-10H,2,11H2,1H3,(H,19,22). The van der Waals surface area contributed by atoms with Crippen molar-refractivity contribution in [1.82, 2.24) is 0 Å². The quantitative estimate of drug-likeness (QED) is 0.864. The molecule has 0 aliphatic carbocycles. The van der Waals surface area contributed by atoms with E-state index in [1.807, 2.05) is 6.92 Å². The zero-order chi connectivity index (χ0) is 18.7. The molecular formula is C17H16FN3O3S2. The molecule has 0 fully saturated rings. The molecule has 1 aliphatic rings. The van der Waals surface area contributed by atoms with Crippen LogP contribution in [0.15, 0.2) is 57.8 Å². The van der Waals surface area contributed by atoms with E-state index in [-0.39, 0.29) is 21.7 Å². The van der Waals surface area contributed by atoms with E-state index in [0.29, 0.717) is 17.9 Å². The molecule has 26 heavy (non-hydrogen) atoms. The first-order valence-corrected chi connectivity index (χ1v) is 10.2. The Balaban J connectivity index is 1.74. The van der Waals surface area contributed by atoms with E-state index in [0.717, 1.165) is 11.8 Å². The highest BCUT2D eigenvalue weighted by Gasteiger charge is 2.30. The second-order valence-electron chi connectivity index (χ2n) is 5.40. The molecule has 0 saturated carbocycles. The topological polar surface area (TPSA) is 78.8 Å². The zero-order valence-corrected chi connectivity index (χ0v) is 15.5. The first-order valence-electron chi connectivity index (χ1n) is 7.80. The van der Waals surface area contributed by atoms with Crippen LogP contribution in [0.5, 0.6) is 0 Å². The SMILES string of the molecule is CCN1C(SCC(=O)Nc2ccc(F)cc2)=NS(=O)(=O)c2ccccc21. The Morgan fingerprint density at radius 1 is 1.19 bits per heavy atom. The van der Waals surface area contributed by atoms with E-state index in [4.69, 9.17) is 0 Å². The number of sulfonamides is 1. The molecule has 3 rings (SSSR count). The molecule has 1 heterocycles. The lowest BCUT2D eigenvalue weighted by Crippen LogP contribution is -2.34. The van der Waals surface area contributed by atoms with Crippen molar-refractivity contribution in [2.24, 2.45) is 4.40 Å². The van der Waals surface area contributed by atoms with E-state index in [9.17, 15) is 17.6 Å². The number of fused-ring (bicyclic) bond motifs is 1. The van der Waals surface area contributed by atoms with Gasteiger partial charge in [-0.3, -0.25) is 4.79 Å². The normalized spacial score (nSPS) is 15.2. The third-order valence-corrected chi connectivity index (χ3v) is 6.05. The number of nitrogens with one attached hydrogen (secondary N) is 1. The van der Waals surface area contributed by atoms with Crippen LogP contribution >= 0.6 is 11.8 Å². The van der Waals surface area contributed by atoms with Gasteiger partial charge in [0.1, 0.15) is 10.7 Å². The number of para-hydroxylation sites is 1. The van der Waals surface area contributed by atoms with Crippen molar-refractivity contribution in [3.8, 4) is 0 Å². The summed E-state index contributed by atoms with van der Waals surface area (Å²) in [6.07, 6.45) is 0. The number of carbonyl (C=O) groups excluding carboxylic acids is 1. The molecule has 0 unspecified atom stereocenters. The highest BCUT2D eigenvalue weighted by molar-refractivity contribution is 8.15. The van der Waals surface area contributed by atoms with Crippen molar-refractivity contribution < 1.29 is 17.6 Å². The second-order valence-corrected chi connectivity index (χ2v) is 7.92. The van der Waals surface area contributed by atoms with Crippen LogP contribution in [0.1, 0.15) is 6.92 Å². The molecule has 2 aromatic rings. The molecule has 1 amide bonds. The number of nitrogens with zero attached hydrogens (tertiary/aromatic N) is 2. The minimum absolute atomic E-state index is 0.0234. The van der Waals surface area contributed by atoms with Crippen molar-refractivity contribution in [3.05, 3.63) is 54.3 Å². The number of amides is 1. The monoisotopic (exact) mass is 393 g/mol. The van der Waals surface area contributed by atoms with Crippen molar-refractivity contribution in [2.75, 3.05) is 22.5 Å². The summed E-state index contributed by atoms with van der Waals surface area (Å²) in [4.78, 5) is 14.0. The maximum atomic E-state index is 12.9. The summed E-state index contributed by atoms with van der Waals surface area (Å²) in [6.45, 7) is 2.39. The number of anilines is 2. The van der Waals surface area contributed by atoms with Gasteiger partial charge >= 0.3 is 0 Å². The van der Waals surface area contributed by atoms with Crippen LogP contribution in [0.2, 0.25) is 0 Å². The summed E-state index contributed by atoms with van der Waals surface area (Å²) in [5.74, 6) is -0.752. The predicted octanol–water partition coefficient (Wildman–Crippen LogP) is 3.08. The maximum absolute atomic E-state index is 12.9. The zero-order valence-electron chi connectivity index (χ0n) is 13.8. The van der Waals surface area contributed by atoms with Crippen LogP contribution in [0, 0.1) is 5.82 Å². The molecule has 0 aromatic heterocycles. The molecule has 2 aromatic carbocycles. The molecule has 0 bridgehead atoms. The van der Waals surface area contributed by atoms with E-state index in [2.05, 4.69) is 9.71 Å². The lowest BCUT2D eigenvalue weighted by Gasteiger charge is -2.29. The Labute approximate surface area is 155 Å². The van der Waals surface area contributed by atoms with Crippen LogP contribution in [0.25, 0.3) is 0 Å². The minimum Gasteiger partial charge on any atom is -0.325 e. The number of halogens is 1. The Morgan fingerprint density at radius 2 is 1.88 bits per heavy atom. The van der Waals surface area contributed by atoms with E-state index in [1.54, 1.807) is 23.1 Å². The third kappa shape index (κ3) is 3.88. The molecule has 0 atom stereocenters. The van der Waals surface area contributed by atoms with Gasteiger partial charge in [0.2, 0.25) is 5.91 Å². The third-order valence-electron chi connectivity index (χ3n) is 3.64. The molecule has 136 valence electrons. The van der Waals surface area contributed by atoms with Gasteiger partial charge < -0.3 is 10.2 Å². The Morgan fingerprint density at radius 3 is 2.58 bits per heavy atom. The number of rotatable bonds is 4. The summed E-state index contributed by atoms with van der Waals surface area (Å²) in [6, 6.07) is 12.0. The van der Waals surface area contributed by atoms with Gasteiger partial charge in [0.05, 0.1) is 11.4 Å². The Kier molecular flexibility index (Phi) is 5.28. The predicted molar refractivity (Wildman–Crippen MR) is 102 cm³/mol. The first-order chi connectivity index (χ1) is 12.4. The van der Waals surface area contributed by atoms with Crippen LogP contribution in [-0.4, -0.2) is 31.8 Å². The molecule has 0 spiro atoms.